The largest absolute Gasteiger partial charge is 0.481 e. The smallest absolute Gasteiger partial charge is 0.306 e. The van der Waals surface area contributed by atoms with E-state index in [-0.39, 0.29) is 75.9 Å². The van der Waals surface area contributed by atoms with Crippen molar-refractivity contribution in [2.75, 3.05) is 65.9 Å². The average molecular weight is 599 g/mol. The van der Waals surface area contributed by atoms with Crippen molar-refractivity contribution in [2.45, 2.75) is 58.3 Å². The molecule has 4 N–H and O–H groups in total. The minimum atomic E-state index is -0.989. The number of hydrogen-bond acceptors (Lipinski definition) is 10. The maximum Gasteiger partial charge on any atom is 0.306 e. The topological polar surface area (TPSA) is 195 Å². The van der Waals surface area contributed by atoms with Crippen LogP contribution < -0.4 is 10.6 Å². The van der Waals surface area contributed by atoms with Gasteiger partial charge in [0.2, 0.25) is 11.8 Å². The van der Waals surface area contributed by atoms with Gasteiger partial charge in [0.25, 0.3) is 0 Å². The molecule has 1 aromatic rings. The zero-order valence-electron chi connectivity index (χ0n) is 24.5. The van der Waals surface area contributed by atoms with Crippen LogP contribution in [0.5, 0.6) is 0 Å². The first-order valence-electron chi connectivity index (χ1n) is 14.3. The fourth-order valence-electron chi connectivity index (χ4n) is 3.69. The number of ether oxygens (including phenoxy) is 4. The second kappa shape index (κ2) is 24.4. The number of rotatable bonds is 28. The third-order valence-corrected chi connectivity index (χ3v) is 5.95. The van der Waals surface area contributed by atoms with Crippen molar-refractivity contribution in [2.24, 2.45) is 5.92 Å². The molecule has 14 heteroatoms. The molecule has 1 atom stereocenters. The van der Waals surface area contributed by atoms with E-state index in [1.54, 1.807) is 6.20 Å². The number of ketones is 2. The number of aromatic nitrogens is 2. The van der Waals surface area contributed by atoms with Crippen LogP contribution in [0, 0.1) is 5.92 Å². The van der Waals surface area contributed by atoms with Crippen LogP contribution in [0.1, 0.15) is 57.6 Å². The van der Waals surface area contributed by atoms with Gasteiger partial charge in [-0.3, -0.25) is 19.2 Å². The number of aryl methyl sites for hydroxylation is 1. The highest BCUT2D eigenvalue weighted by Gasteiger charge is 2.20. The Labute approximate surface area is 246 Å². The van der Waals surface area contributed by atoms with Gasteiger partial charge in [-0.1, -0.05) is 6.42 Å². The minimum Gasteiger partial charge on any atom is -0.481 e. The van der Waals surface area contributed by atoms with E-state index in [0.717, 1.165) is 5.69 Å². The summed E-state index contributed by atoms with van der Waals surface area (Å²) >= 11 is 0. The predicted molar refractivity (Wildman–Crippen MR) is 151 cm³/mol. The number of carbonyl (C=O) groups excluding carboxylic acids is 4. The van der Waals surface area contributed by atoms with Crippen LogP contribution in [0.15, 0.2) is 12.5 Å². The molecular formula is C28H46N4O10. The van der Waals surface area contributed by atoms with Crippen molar-refractivity contribution >= 4 is 29.4 Å². The van der Waals surface area contributed by atoms with Crippen molar-refractivity contribution in [1.82, 2.24) is 20.6 Å². The van der Waals surface area contributed by atoms with Crippen LogP contribution in [0.2, 0.25) is 0 Å². The molecule has 0 bridgehead atoms. The Balaban J connectivity index is 1.92. The molecule has 42 heavy (non-hydrogen) atoms. The Kier molecular flexibility index (Phi) is 21.4. The summed E-state index contributed by atoms with van der Waals surface area (Å²) in [5, 5.41) is 14.8. The van der Waals surface area contributed by atoms with Crippen LogP contribution in [0.25, 0.3) is 0 Å². The number of unbranched alkanes of at least 4 members (excludes halogenated alkanes) is 1. The fraction of sp³-hybridized carbons (Fsp3) is 0.714. The number of nitrogens with zero attached hydrogens (tertiary/aromatic N) is 1. The molecule has 0 aliphatic carbocycles. The second-order valence-electron chi connectivity index (χ2n) is 9.69. The number of carboxylic acids is 1. The van der Waals surface area contributed by atoms with Gasteiger partial charge in [-0.15, -0.1) is 0 Å². The first-order valence-corrected chi connectivity index (χ1v) is 14.3. The first-order chi connectivity index (χ1) is 20.3. The zero-order valence-corrected chi connectivity index (χ0v) is 24.5. The van der Waals surface area contributed by atoms with E-state index in [9.17, 15) is 29.1 Å². The molecule has 1 heterocycles. The maximum absolute atomic E-state index is 12.1. The molecule has 14 nitrogen and oxygen atoms in total. The van der Waals surface area contributed by atoms with Gasteiger partial charge in [0.1, 0.15) is 24.8 Å². The normalized spacial score (nSPS) is 11.6. The van der Waals surface area contributed by atoms with Gasteiger partial charge in [0.05, 0.1) is 45.3 Å². The summed E-state index contributed by atoms with van der Waals surface area (Å²) in [5.41, 5.74) is 0.837. The molecule has 0 fully saturated rings. The molecule has 0 unspecified atom stereocenters. The van der Waals surface area contributed by atoms with E-state index < -0.39 is 11.9 Å². The number of aliphatic carboxylic acids is 1. The number of Topliss-reactive ketones (excluding diaryl/α,β-unsaturated/α-hetero) is 2. The van der Waals surface area contributed by atoms with Crippen LogP contribution in [0.4, 0.5) is 0 Å². The van der Waals surface area contributed by atoms with Crippen molar-refractivity contribution in [3.63, 3.8) is 0 Å². The highest BCUT2D eigenvalue weighted by molar-refractivity contribution is 5.84. The Morgan fingerprint density at radius 3 is 2.10 bits per heavy atom. The molecule has 0 aliphatic heterocycles. The monoisotopic (exact) mass is 598 g/mol. The van der Waals surface area contributed by atoms with Gasteiger partial charge in [-0.2, -0.15) is 0 Å². The molecule has 238 valence electrons. The molecule has 0 aromatic carbocycles. The molecule has 0 radical (unpaired) electrons. The third-order valence-electron chi connectivity index (χ3n) is 5.95. The Morgan fingerprint density at radius 1 is 0.833 bits per heavy atom. The number of amides is 2. The Hall–Kier alpha value is -3.20. The molecule has 2 amide bonds. The molecule has 1 rings (SSSR count). The summed E-state index contributed by atoms with van der Waals surface area (Å²) in [6.07, 6.45) is 6.63. The first kappa shape index (κ1) is 36.8. The van der Waals surface area contributed by atoms with E-state index in [0.29, 0.717) is 64.8 Å². The van der Waals surface area contributed by atoms with Gasteiger partial charge in [-0.05, 0) is 32.6 Å². The lowest BCUT2D eigenvalue weighted by atomic mass is 9.94. The minimum absolute atomic E-state index is 0.00613. The molecule has 0 spiro atoms. The van der Waals surface area contributed by atoms with Crippen LogP contribution >= 0.6 is 0 Å². The number of H-pyrrole nitrogens is 1. The van der Waals surface area contributed by atoms with Crippen molar-refractivity contribution in [1.29, 1.82) is 0 Å². The van der Waals surface area contributed by atoms with Gasteiger partial charge in [0, 0.05) is 50.8 Å². The fourth-order valence-corrected chi connectivity index (χ4v) is 3.69. The van der Waals surface area contributed by atoms with E-state index in [1.807, 2.05) is 0 Å². The number of carboxylic acid groups (broad SMARTS) is 1. The maximum atomic E-state index is 12.1. The summed E-state index contributed by atoms with van der Waals surface area (Å²) in [6.45, 7) is 3.92. The third kappa shape index (κ3) is 21.5. The zero-order chi connectivity index (χ0) is 30.8. The SMILES string of the molecule is CC(=O)CCCOCCOCC(=O)NCCOCCOCC(=O)NCCCC[C@H](CC(=O)CCc1cnc[nH]1)C(=O)O. The van der Waals surface area contributed by atoms with Crippen molar-refractivity contribution < 1.29 is 48.0 Å². The highest BCUT2D eigenvalue weighted by atomic mass is 16.5. The van der Waals surface area contributed by atoms with Gasteiger partial charge in [-0.25, -0.2) is 4.98 Å². The lowest BCUT2D eigenvalue weighted by Crippen LogP contribution is -2.31. The number of hydrogen-bond donors (Lipinski definition) is 4. The van der Waals surface area contributed by atoms with Crippen LogP contribution in [-0.4, -0.2) is 110 Å². The summed E-state index contributed by atoms with van der Waals surface area (Å²) in [4.78, 5) is 64.8. The van der Waals surface area contributed by atoms with E-state index >= 15 is 0 Å². The van der Waals surface area contributed by atoms with Crippen LogP contribution in [0.3, 0.4) is 0 Å². The van der Waals surface area contributed by atoms with Gasteiger partial charge >= 0.3 is 5.97 Å². The molecule has 0 saturated carbocycles. The van der Waals surface area contributed by atoms with Crippen molar-refractivity contribution in [3.8, 4) is 0 Å². The summed E-state index contributed by atoms with van der Waals surface area (Å²) in [5.74, 6) is -2.24. The average Bonchev–Trinajstić information content (AvgIpc) is 3.47. The number of carbonyl (C=O) groups is 5. The van der Waals surface area contributed by atoms with E-state index in [2.05, 4.69) is 20.6 Å². The van der Waals surface area contributed by atoms with E-state index in [1.165, 1.54) is 13.3 Å². The summed E-state index contributed by atoms with van der Waals surface area (Å²) < 4.78 is 21.1. The van der Waals surface area contributed by atoms with Crippen LogP contribution in [-0.2, 0) is 49.3 Å². The standard InChI is InChI=1S/C28H46N4O10/c1-22(33)5-4-11-39-13-15-41-20-27(36)31-10-12-40-14-16-42-19-26(35)30-9-3-2-6-23(28(37)38)17-25(34)8-7-24-18-29-21-32-24/h18,21,23H,2-17,19-20H2,1H3,(H,29,32)(H,30,35)(H,31,36)(H,37,38)/t23-/m1/s1. The summed E-state index contributed by atoms with van der Waals surface area (Å²) in [7, 11) is 0. The number of nitrogens with one attached hydrogen (secondary N) is 3. The Morgan fingerprint density at radius 2 is 1.48 bits per heavy atom. The van der Waals surface area contributed by atoms with E-state index in [4.69, 9.17) is 18.9 Å². The quantitative estimate of drug-likeness (QED) is 0.0998. The lowest BCUT2D eigenvalue weighted by molar-refractivity contribution is -0.144. The molecular weight excluding hydrogens is 552 g/mol. The van der Waals surface area contributed by atoms with Crippen molar-refractivity contribution in [3.05, 3.63) is 18.2 Å². The Bertz CT molecular complexity index is 911. The number of imidazole rings is 1. The van der Waals surface area contributed by atoms with Gasteiger partial charge < -0.3 is 44.5 Å². The summed E-state index contributed by atoms with van der Waals surface area (Å²) in [6, 6.07) is 0. The predicted octanol–water partition coefficient (Wildman–Crippen LogP) is 0.841. The second-order valence-corrected chi connectivity index (χ2v) is 9.69. The molecule has 0 aliphatic rings. The highest BCUT2D eigenvalue weighted by Crippen LogP contribution is 2.15. The number of aromatic amines is 1. The lowest BCUT2D eigenvalue weighted by Gasteiger charge is -2.12. The van der Waals surface area contributed by atoms with Gasteiger partial charge in [0.15, 0.2) is 0 Å². The molecule has 1 aromatic heterocycles. The molecule has 0 saturated heterocycles.